The van der Waals surface area contributed by atoms with Crippen LogP contribution in [0.4, 0.5) is 0 Å². The van der Waals surface area contributed by atoms with Crippen molar-refractivity contribution in [3.8, 4) is 17.1 Å². The van der Waals surface area contributed by atoms with Crippen LogP contribution in [0.3, 0.4) is 0 Å². The number of rotatable bonds is 7. The van der Waals surface area contributed by atoms with Crippen LogP contribution in [0.1, 0.15) is 52.0 Å². The summed E-state index contributed by atoms with van der Waals surface area (Å²) in [6, 6.07) is 8.39. The Labute approximate surface area is 171 Å². The average molecular weight is 403 g/mol. The SMILES string of the molecule is COc1ccc(-c2nnc(SCC(=O)N(C)C3CCCCC3)n2C(C)C)cc1. The third kappa shape index (κ3) is 4.69. The number of amides is 1. The van der Waals surface area contributed by atoms with Crippen molar-refractivity contribution < 1.29 is 9.53 Å². The summed E-state index contributed by atoms with van der Waals surface area (Å²) in [5, 5.41) is 9.56. The highest BCUT2D eigenvalue weighted by atomic mass is 32.2. The lowest BCUT2D eigenvalue weighted by Gasteiger charge is -2.31. The lowest BCUT2D eigenvalue weighted by atomic mass is 9.94. The lowest BCUT2D eigenvalue weighted by molar-refractivity contribution is -0.129. The first-order valence-corrected chi connectivity index (χ1v) is 11.0. The quantitative estimate of drug-likeness (QED) is 0.642. The summed E-state index contributed by atoms with van der Waals surface area (Å²) in [5.74, 6) is 2.18. The van der Waals surface area contributed by atoms with Crippen LogP contribution in [0.2, 0.25) is 0 Å². The van der Waals surface area contributed by atoms with Gasteiger partial charge >= 0.3 is 0 Å². The zero-order valence-electron chi connectivity index (χ0n) is 17.2. The van der Waals surface area contributed by atoms with Gasteiger partial charge in [-0.05, 0) is 51.0 Å². The van der Waals surface area contributed by atoms with Gasteiger partial charge in [0.15, 0.2) is 11.0 Å². The van der Waals surface area contributed by atoms with Crippen molar-refractivity contribution >= 4 is 17.7 Å². The topological polar surface area (TPSA) is 60.3 Å². The summed E-state index contributed by atoms with van der Waals surface area (Å²) >= 11 is 1.47. The Balaban J connectivity index is 1.71. The van der Waals surface area contributed by atoms with Crippen LogP contribution in [-0.2, 0) is 4.79 Å². The van der Waals surface area contributed by atoms with E-state index in [1.807, 2.05) is 36.2 Å². The van der Waals surface area contributed by atoms with E-state index >= 15 is 0 Å². The molecule has 0 radical (unpaired) electrons. The molecule has 1 heterocycles. The molecule has 1 aromatic heterocycles. The van der Waals surface area contributed by atoms with E-state index < -0.39 is 0 Å². The highest BCUT2D eigenvalue weighted by Crippen LogP contribution is 2.29. The van der Waals surface area contributed by atoms with Gasteiger partial charge < -0.3 is 9.64 Å². The molecule has 6 nitrogen and oxygen atoms in total. The number of nitrogens with zero attached hydrogens (tertiary/aromatic N) is 4. The molecule has 0 aliphatic heterocycles. The Bertz CT molecular complexity index is 782. The minimum Gasteiger partial charge on any atom is -0.497 e. The van der Waals surface area contributed by atoms with Crippen LogP contribution >= 0.6 is 11.8 Å². The van der Waals surface area contributed by atoms with Crippen molar-refractivity contribution in [2.75, 3.05) is 19.9 Å². The fourth-order valence-corrected chi connectivity index (χ4v) is 4.67. The smallest absolute Gasteiger partial charge is 0.233 e. The first-order chi connectivity index (χ1) is 13.5. The summed E-state index contributed by atoms with van der Waals surface area (Å²) in [4.78, 5) is 14.6. The number of hydrogen-bond donors (Lipinski definition) is 0. The summed E-state index contributed by atoms with van der Waals surface area (Å²) < 4.78 is 7.33. The number of aromatic nitrogens is 3. The Kier molecular flexibility index (Phi) is 6.99. The zero-order chi connectivity index (χ0) is 20.1. The van der Waals surface area contributed by atoms with Crippen LogP contribution < -0.4 is 4.74 Å². The van der Waals surface area contributed by atoms with Gasteiger partial charge in [-0.1, -0.05) is 31.0 Å². The molecule has 7 heteroatoms. The van der Waals surface area contributed by atoms with Gasteiger partial charge in [0.25, 0.3) is 0 Å². The molecule has 2 aromatic rings. The van der Waals surface area contributed by atoms with E-state index in [4.69, 9.17) is 4.74 Å². The molecule has 0 bridgehead atoms. The summed E-state index contributed by atoms with van der Waals surface area (Å²) in [6.07, 6.45) is 5.98. The minimum absolute atomic E-state index is 0.168. The number of hydrogen-bond acceptors (Lipinski definition) is 5. The van der Waals surface area contributed by atoms with E-state index in [9.17, 15) is 4.79 Å². The predicted octanol–water partition coefficient (Wildman–Crippen LogP) is 4.42. The van der Waals surface area contributed by atoms with Crippen LogP contribution in [0.5, 0.6) is 5.75 Å². The Morgan fingerprint density at radius 2 is 1.89 bits per heavy atom. The fraction of sp³-hybridized carbons (Fsp3) is 0.571. The largest absolute Gasteiger partial charge is 0.497 e. The number of thioether (sulfide) groups is 1. The maximum absolute atomic E-state index is 12.7. The summed E-state index contributed by atoms with van der Waals surface area (Å²) in [6.45, 7) is 4.22. The second-order valence-corrected chi connectivity index (χ2v) is 8.53. The van der Waals surface area contributed by atoms with Gasteiger partial charge in [-0.25, -0.2) is 0 Å². The predicted molar refractivity (Wildman–Crippen MR) is 113 cm³/mol. The minimum atomic E-state index is 0.168. The van der Waals surface area contributed by atoms with Crippen molar-refractivity contribution in [1.82, 2.24) is 19.7 Å². The molecule has 152 valence electrons. The van der Waals surface area contributed by atoms with Gasteiger partial charge in [-0.2, -0.15) is 0 Å². The molecule has 0 spiro atoms. The standard InChI is InChI=1S/C21H30N4O2S/c1-15(2)25-20(16-10-12-18(27-4)13-11-16)22-23-21(25)28-14-19(26)24(3)17-8-6-5-7-9-17/h10-13,15,17H,5-9,14H2,1-4H3. The van der Waals surface area contributed by atoms with Crippen molar-refractivity contribution in [2.45, 2.75) is 63.2 Å². The summed E-state index contributed by atoms with van der Waals surface area (Å²) in [7, 11) is 3.59. The number of benzene rings is 1. The van der Waals surface area contributed by atoms with E-state index in [0.29, 0.717) is 11.8 Å². The molecule has 28 heavy (non-hydrogen) atoms. The van der Waals surface area contributed by atoms with Crippen LogP contribution in [0, 0.1) is 0 Å². The van der Waals surface area contributed by atoms with Gasteiger partial charge in [0.2, 0.25) is 5.91 Å². The van der Waals surface area contributed by atoms with Gasteiger partial charge in [0.05, 0.1) is 12.9 Å². The maximum atomic E-state index is 12.7. The van der Waals surface area contributed by atoms with Crippen LogP contribution in [0.25, 0.3) is 11.4 Å². The van der Waals surface area contributed by atoms with E-state index in [0.717, 1.165) is 35.1 Å². The first-order valence-electron chi connectivity index (χ1n) is 9.99. The second kappa shape index (κ2) is 9.45. The highest BCUT2D eigenvalue weighted by molar-refractivity contribution is 7.99. The van der Waals surface area contributed by atoms with Gasteiger partial charge in [0.1, 0.15) is 5.75 Å². The van der Waals surface area contributed by atoms with Crippen LogP contribution in [-0.4, -0.2) is 51.5 Å². The molecule has 1 saturated carbocycles. The maximum Gasteiger partial charge on any atom is 0.233 e. The highest BCUT2D eigenvalue weighted by Gasteiger charge is 2.23. The van der Waals surface area contributed by atoms with E-state index in [2.05, 4.69) is 28.6 Å². The van der Waals surface area contributed by atoms with Crippen molar-refractivity contribution in [1.29, 1.82) is 0 Å². The molecule has 1 aliphatic rings. The second-order valence-electron chi connectivity index (χ2n) is 7.58. The van der Waals surface area contributed by atoms with E-state index in [1.54, 1.807) is 7.11 Å². The number of carbonyl (C=O) groups is 1. The molecule has 0 N–H and O–H groups in total. The number of carbonyl (C=O) groups excluding carboxylic acids is 1. The van der Waals surface area contributed by atoms with E-state index in [1.165, 1.54) is 31.0 Å². The van der Waals surface area contributed by atoms with Gasteiger partial charge in [-0.3, -0.25) is 9.36 Å². The molecule has 1 aliphatic carbocycles. The molecular formula is C21H30N4O2S. The molecule has 1 fully saturated rings. The first kappa shape index (κ1) is 20.7. The Morgan fingerprint density at radius 1 is 1.21 bits per heavy atom. The van der Waals surface area contributed by atoms with Crippen molar-refractivity contribution in [3.05, 3.63) is 24.3 Å². The molecular weight excluding hydrogens is 372 g/mol. The van der Waals surface area contributed by atoms with Crippen molar-refractivity contribution in [3.63, 3.8) is 0 Å². The molecule has 1 aromatic carbocycles. The molecule has 0 atom stereocenters. The molecule has 3 rings (SSSR count). The van der Waals surface area contributed by atoms with E-state index in [-0.39, 0.29) is 11.9 Å². The Hall–Kier alpha value is -2.02. The fourth-order valence-electron chi connectivity index (χ4n) is 3.68. The Morgan fingerprint density at radius 3 is 2.50 bits per heavy atom. The van der Waals surface area contributed by atoms with Crippen molar-refractivity contribution in [2.24, 2.45) is 0 Å². The molecule has 1 amide bonds. The van der Waals surface area contributed by atoms with Crippen LogP contribution in [0.15, 0.2) is 29.4 Å². The summed E-state index contributed by atoms with van der Waals surface area (Å²) in [5.41, 5.74) is 0.986. The molecule has 0 saturated heterocycles. The normalized spacial score (nSPS) is 15.0. The third-order valence-corrected chi connectivity index (χ3v) is 6.30. The lowest BCUT2D eigenvalue weighted by Crippen LogP contribution is -2.39. The van der Waals surface area contributed by atoms with Gasteiger partial charge in [0, 0.05) is 24.7 Å². The number of ether oxygens (including phenoxy) is 1. The zero-order valence-corrected chi connectivity index (χ0v) is 18.0. The monoisotopic (exact) mass is 402 g/mol. The average Bonchev–Trinajstić information content (AvgIpc) is 3.16. The third-order valence-electron chi connectivity index (χ3n) is 5.37. The number of methoxy groups -OCH3 is 1. The van der Waals surface area contributed by atoms with Gasteiger partial charge in [-0.15, -0.1) is 10.2 Å². The molecule has 0 unspecified atom stereocenters.